The maximum absolute atomic E-state index is 3.41. The van der Waals surface area contributed by atoms with E-state index < -0.39 is 0 Å². The average Bonchev–Trinajstić information content (AvgIpc) is 2.64. The summed E-state index contributed by atoms with van der Waals surface area (Å²) in [6.45, 7) is 13.3. The van der Waals surface area contributed by atoms with Crippen molar-refractivity contribution >= 4 is 17.4 Å². The first kappa shape index (κ1) is 14.5. The molecule has 96 valence electrons. The van der Waals surface area contributed by atoms with Crippen LogP contribution in [0.15, 0.2) is 18.2 Å². The largest absolute Gasteiger partial charge is 0.313 e. The monoisotopic (exact) mass is 251 g/mol. The van der Waals surface area contributed by atoms with E-state index in [1.807, 2.05) is 11.3 Å². The van der Waals surface area contributed by atoms with Crippen LogP contribution in [0.25, 0.3) is 6.08 Å². The van der Waals surface area contributed by atoms with Gasteiger partial charge in [0.2, 0.25) is 0 Å². The van der Waals surface area contributed by atoms with Crippen molar-refractivity contribution in [2.75, 3.05) is 13.1 Å². The van der Waals surface area contributed by atoms with Crippen LogP contribution in [0.2, 0.25) is 0 Å². The van der Waals surface area contributed by atoms with Gasteiger partial charge in [-0.25, -0.2) is 0 Å². The predicted octanol–water partition coefficient (Wildman–Crippen LogP) is 4.30. The third kappa shape index (κ3) is 5.51. The fourth-order valence-corrected chi connectivity index (χ4v) is 2.47. The van der Waals surface area contributed by atoms with E-state index in [4.69, 9.17) is 0 Å². The lowest BCUT2D eigenvalue weighted by atomic mass is 9.95. The summed E-state index contributed by atoms with van der Waals surface area (Å²) in [5.41, 5.74) is 0.270. The summed E-state index contributed by atoms with van der Waals surface area (Å²) in [5.74, 6) is 0.720. The molecule has 0 bridgehead atoms. The Balaban J connectivity index is 2.41. The van der Waals surface area contributed by atoms with Gasteiger partial charge >= 0.3 is 0 Å². The summed E-state index contributed by atoms with van der Waals surface area (Å²) in [4.78, 5) is 2.80. The van der Waals surface area contributed by atoms with Gasteiger partial charge in [-0.05, 0) is 36.1 Å². The lowest BCUT2D eigenvalue weighted by Crippen LogP contribution is -2.19. The van der Waals surface area contributed by atoms with Gasteiger partial charge in [-0.15, -0.1) is 11.3 Å². The summed E-state index contributed by atoms with van der Waals surface area (Å²) in [6, 6.07) is 4.45. The summed E-state index contributed by atoms with van der Waals surface area (Å²) < 4.78 is 0. The van der Waals surface area contributed by atoms with Gasteiger partial charge in [0.05, 0.1) is 0 Å². The molecule has 0 amide bonds. The fourth-order valence-electron chi connectivity index (χ4n) is 1.48. The second-order valence-electron chi connectivity index (χ2n) is 5.91. The highest BCUT2D eigenvalue weighted by Crippen LogP contribution is 2.29. The molecule has 0 spiro atoms. The van der Waals surface area contributed by atoms with Crippen molar-refractivity contribution < 1.29 is 0 Å². The summed E-state index contributed by atoms with van der Waals surface area (Å²) in [6.07, 6.45) is 4.42. The zero-order valence-corrected chi connectivity index (χ0v) is 12.5. The molecule has 0 aromatic carbocycles. The third-order valence-electron chi connectivity index (χ3n) is 2.46. The van der Waals surface area contributed by atoms with Crippen LogP contribution >= 0.6 is 11.3 Å². The van der Waals surface area contributed by atoms with Crippen LogP contribution < -0.4 is 5.32 Å². The molecule has 0 radical (unpaired) electrons. The van der Waals surface area contributed by atoms with Crippen molar-refractivity contribution in [3.8, 4) is 0 Å². The Morgan fingerprint density at radius 1 is 1.29 bits per heavy atom. The van der Waals surface area contributed by atoms with E-state index in [-0.39, 0.29) is 5.41 Å². The van der Waals surface area contributed by atoms with Crippen molar-refractivity contribution in [3.05, 3.63) is 28.0 Å². The first-order valence-electron chi connectivity index (χ1n) is 6.37. The average molecular weight is 251 g/mol. The Labute approximate surface area is 110 Å². The van der Waals surface area contributed by atoms with E-state index >= 15 is 0 Å². The van der Waals surface area contributed by atoms with Crippen LogP contribution in [0.1, 0.15) is 44.4 Å². The molecule has 1 N–H and O–H groups in total. The van der Waals surface area contributed by atoms with Gasteiger partial charge in [-0.1, -0.05) is 40.7 Å². The first-order valence-corrected chi connectivity index (χ1v) is 7.19. The number of nitrogens with one attached hydrogen (secondary N) is 1. The third-order valence-corrected chi connectivity index (χ3v) is 3.94. The second kappa shape index (κ2) is 6.36. The molecule has 0 aliphatic rings. The van der Waals surface area contributed by atoms with Gasteiger partial charge < -0.3 is 5.32 Å². The van der Waals surface area contributed by atoms with Crippen molar-refractivity contribution in [3.63, 3.8) is 0 Å². The topological polar surface area (TPSA) is 12.0 Å². The minimum absolute atomic E-state index is 0.270. The van der Waals surface area contributed by atoms with Crippen LogP contribution in [-0.2, 0) is 5.41 Å². The van der Waals surface area contributed by atoms with Gasteiger partial charge in [0.25, 0.3) is 0 Å². The molecule has 0 fully saturated rings. The molecular formula is C15H25NS. The molecule has 2 heteroatoms. The quantitative estimate of drug-likeness (QED) is 0.769. The van der Waals surface area contributed by atoms with E-state index in [0.29, 0.717) is 0 Å². The molecule has 1 heterocycles. The molecule has 1 rings (SSSR count). The molecule has 0 aliphatic heterocycles. The van der Waals surface area contributed by atoms with E-state index in [1.54, 1.807) is 0 Å². The summed E-state index contributed by atoms with van der Waals surface area (Å²) in [5, 5.41) is 3.41. The summed E-state index contributed by atoms with van der Waals surface area (Å²) >= 11 is 1.89. The Bertz CT molecular complexity index is 355. The molecule has 0 unspecified atom stereocenters. The minimum Gasteiger partial charge on any atom is -0.313 e. The minimum atomic E-state index is 0.270. The maximum Gasteiger partial charge on any atom is 0.0270 e. The molecule has 0 saturated carbocycles. The lowest BCUT2D eigenvalue weighted by Gasteiger charge is -2.15. The van der Waals surface area contributed by atoms with E-state index in [1.165, 1.54) is 9.75 Å². The van der Waals surface area contributed by atoms with Crippen molar-refractivity contribution in [2.24, 2.45) is 5.92 Å². The van der Waals surface area contributed by atoms with Crippen molar-refractivity contribution in [1.29, 1.82) is 0 Å². The predicted molar refractivity (Wildman–Crippen MR) is 79.8 cm³/mol. The fraction of sp³-hybridized carbons (Fsp3) is 0.600. The highest BCUT2D eigenvalue weighted by molar-refractivity contribution is 7.13. The zero-order valence-electron chi connectivity index (χ0n) is 11.7. The van der Waals surface area contributed by atoms with Gasteiger partial charge in [-0.3, -0.25) is 0 Å². The standard InChI is InChI=1S/C15H25NS/c1-12(2)11-16-10-6-7-13-8-9-14(17-13)15(3,4)5/h6-9,12,16H,10-11H2,1-5H3/b7-6+. The number of rotatable bonds is 5. The van der Waals surface area contributed by atoms with Gasteiger partial charge in [0.1, 0.15) is 0 Å². The van der Waals surface area contributed by atoms with Crippen molar-refractivity contribution in [2.45, 2.75) is 40.0 Å². The molecule has 0 aliphatic carbocycles. The van der Waals surface area contributed by atoms with Gasteiger partial charge in [0, 0.05) is 16.3 Å². The number of thiophene rings is 1. The Morgan fingerprint density at radius 2 is 2.00 bits per heavy atom. The molecule has 1 aromatic heterocycles. The normalized spacial score (nSPS) is 12.8. The summed E-state index contributed by atoms with van der Waals surface area (Å²) in [7, 11) is 0. The van der Waals surface area contributed by atoms with Crippen LogP contribution in [-0.4, -0.2) is 13.1 Å². The molecule has 17 heavy (non-hydrogen) atoms. The van der Waals surface area contributed by atoms with Crippen LogP contribution in [0.3, 0.4) is 0 Å². The molecule has 0 saturated heterocycles. The zero-order chi connectivity index (χ0) is 12.9. The SMILES string of the molecule is CC(C)CNC/C=C/c1ccc(C(C)(C)C)s1. The van der Waals surface area contributed by atoms with Crippen LogP contribution in [0.5, 0.6) is 0 Å². The van der Waals surface area contributed by atoms with E-state index in [2.05, 4.69) is 64.2 Å². The van der Waals surface area contributed by atoms with E-state index in [0.717, 1.165) is 19.0 Å². The van der Waals surface area contributed by atoms with Crippen molar-refractivity contribution in [1.82, 2.24) is 5.32 Å². The van der Waals surface area contributed by atoms with Crippen LogP contribution in [0.4, 0.5) is 0 Å². The number of hydrogen-bond acceptors (Lipinski definition) is 2. The first-order chi connectivity index (χ1) is 7.89. The second-order valence-corrected chi connectivity index (χ2v) is 7.02. The number of hydrogen-bond donors (Lipinski definition) is 1. The highest BCUT2D eigenvalue weighted by Gasteiger charge is 2.15. The Hall–Kier alpha value is -0.600. The highest BCUT2D eigenvalue weighted by atomic mass is 32.1. The lowest BCUT2D eigenvalue weighted by molar-refractivity contribution is 0.577. The van der Waals surface area contributed by atoms with Gasteiger partial charge in [-0.2, -0.15) is 0 Å². The molecular weight excluding hydrogens is 226 g/mol. The Kier molecular flexibility index (Phi) is 5.41. The van der Waals surface area contributed by atoms with Crippen LogP contribution in [0, 0.1) is 5.92 Å². The molecule has 0 atom stereocenters. The Morgan fingerprint density at radius 3 is 2.53 bits per heavy atom. The smallest absolute Gasteiger partial charge is 0.0270 e. The molecule has 1 nitrogen and oxygen atoms in total. The molecule has 1 aromatic rings. The van der Waals surface area contributed by atoms with Gasteiger partial charge in [0.15, 0.2) is 0 Å². The van der Waals surface area contributed by atoms with E-state index in [9.17, 15) is 0 Å². The maximum atomic E-state index is 3.41.